The zero-order valence-electron chi connectivity index (χ0n) is 4.76. The smallest absolute Gasteiger partial charge is 0.316 e. The van der Waals surface area contributed by atoms with Crippen LogP contribution in [0.2, 0.25) is 0 Å². The maximum absolute atomic E-state index is 12.0. The van der Waals surface area contributed by atoms with Gasteiger partial charge in [-0.2, -0.15) is 4.98 Å². The molecule has 0 aliphatic heterocycles. The Labute approximate surface area is 51.5 Å². The second-order valence-corrected chi connectivity index (χ2v) is 1.32. The van der Waals surface area contributed by atoms with E-state index in [1.165, 1.54) is 7.11 Å². The maximum atomic E-state index is 12.0. The lowest BCUT2D eigenvalue weighted by atomic mass is 10.6. The second-order valence-electron chi connectivity index (χ2n) is 1.32. The first kappa shape index (κ1) is 5.94. The summed E-state index contributed by atoms with van der Waals surface area (Å²) in [6.45, 7) is 0. The molecule has 3 nitrogen and oxygen atoms in total. The van der Waals surface area contributed by atoms with Crippen LogP contribution < -0.4 is 4.74 Å². The van der Waals surface area contributed by atoms with Crippen LogP contribution in [0.4, 0.5) is 4.39 Å². The number of ether oxygens (including phenoxy) is 1. The van der Waals surface area contributed by atoms with Crippen molar-refractivity contribution in [2.45, 2.75) is 0 Å². The Morgan fingerprint density at radius 2 is 2.56 bits per heavy atom. The summed E-state index contributed by atoms with van der Waals surface area (Å²) < 4.78 is 16.5. The summed E-state index contributed by atoms with van der Waals surface area (Å²) in [7, 11) is 1.40. The zero-order valence-corrected chi connectivity index (χ0v) is 4.76. The molecule has 1 radical (unpaired) electrons. The highest BCUT2D eigenvalue weighted by Gasteiger charge is 1.93. The van der Waals surface area contributed by atoms with Crippen LogP contribution in [0, 0.1) is 12.0 Å². The van der Waals surface area contributed by atoms with Crippen molar-refractivity contribution in [3.63, 3.8) is 0 Å². The van der Waals surface area contributed by atoms with Gasteiger partial charge in [-0.25, -0.2) is 9.37 Å². The van der Waals surface area contributed by atoms with E-state index in [2.05, 4.69) is 14.7 Å². The van der Waals surface area contributed by atoms with Gasteiger partial charge in [-0.3, -0.25) is 0 Å². The molecule has 0 atom stereocenters. The predicted molar refractivity (Wildman–Crippen MR) is 27.4 cm³/mol. The Morgan fingerprint density at radius 1 is 1.78 bits per heavy atom. The van der Waals surface area contributed by atoms with Gasteiger partial charge < -0.3 is 4.74 Å². The SMILES string of the molecule is COc1n[c]c(F)cn1. The summed E-state index contributed by atoms with van der Waals surface area (Å²) in [6, 6.07) is 0.122. The monoisotopic (exact) mass is 127 g/mol. The molecule has 0 amide bonds. The number of hydrogen-bond acceptors (Lipinski definition) is 3. The molecule has 0 fully saturated rings. The van der Waals surface area contributed by atoms with Gasteiger partial charge in [-0.15, -0.1) is 0 Å². The molecule has 9 heavy (non-hydrogen) atoms. The molecule has 0 bridgehead atoms. The lowest BCUT2D eigenvalue weighted by Crippen LogP contribution is -1.91. The molecular formula is C5H4FN2O. The quantitative estimate of drug-likeness (QED) is 0.548. The summed E-state index contributed by atoms with van der Waals surface area (Å²) in [5, 5.41) is 0. The van der Waals surface area contributed by atoms with Crippen molar-refractivity contribution in [1.29, 1.82) is 0 Å². The first-order valence-electron chi connectivity index (χ1n) is 2.27. The molecule has 0 aromatic carbocycles. The topological polar surface area (TPSA) is 35.0 Å². The highest BCUT2D eigenvalue weighted by atomic mass is 19.1. The number of nitrogens with zero attached hydrogens (tertiary/aromatic N) is 2. The molecule has 0 aliphatic rings. The van der Waals surface area contributed by atoms with Crippen LogP contribution in [0.25, 0.3) is 0 Å². The minimum absolute atomic E-state index is 0.122. The average Bonchev–Trinajstić information content (AvgIpc) is 1.90. The summed E-state index contributed by atoms with van der Waals surface area (Å²) in [6.07, 6.45) is 3.04. The third kappa shape index (κ3) is 1.35. The summed E-state index contributed by atoms with van der Waals surface area (Å²) >= 11 is 0. The van der Waals surface area contributed by atoms with Crippen LogP contribution in [0.15, 0.2) is 6.20 Å². The van der Waals surface area contributed by atoms with Crippen molar-refractivity contribution in [3.8, 4) is 6.01 Å². The Morgan fingerprint density at radius 3 is 3.00 bits per heavy atom. The van der Waals surface area contributed by atoms with Gasteiger partial charge in [0.15, 0.2) is 5.82 Å². The van der Waals surface area contributed by atoms with E-state index in [0.717, 1.165) is 6.20 Å². The molecule has 1 aromatic rings. The molecule has 1 heterocycles. The fourth-order valence-electron chi connectivity index (χ4n) is 0.369. The van der Waals surface area contributed by atoms with Crippen LogP contribution >= 0.6 is 0 Å². The molecule has 47 valence electrons. The molecule has 0 saturated heterocycles. The van der Waals surface area contributed by atoms with Gasteiger partial charge in [0.05, 0.1) is 13.3 Å². The molecule has 0 unspecified atom stereocenters. The fraction of sp³-hybridized carbons (Fsp3) is 0.200. The van der Waals surface area contributed by atoms with Crippen LogP contribution in [-0.2, 0) is 0 Å². The van der Waals surface area contributed by atoms with E-state index in [-0.39, 0.29) is 6.01 Å². The Balaban J connectivity index is 2.88. The number of aromatic nitrogens is 2. The third-order valence-electron chi connectivity index (χ3n) is 0.729. The predicted octanol–water partition coefficient (Wildman–Crippen LogP) is 0.424. The van der Waals surface area contributed by atoms with E-state index in [9.17, 15) is 4.39 Å². The molecule has 0 aliphatic carbocycles. The van der Waals surface area contributed by atoms with Crippen molar-refractivity contribution in [2.75, 3.05) is 7.11 Å². The van der Waals surface area contributed by atoms with Gasteiger partial charge in [-0.05, 0) is 0 Å². The van der Waals surface area contributed by atoms with Gasteiger partial charge in [0.25, 0.3) is 0 Å². The first-order chi connectivity index (χ1) is 4.33. The third-order valence-corrected chi connectivity index (χ3v) is 0.729. The summed E-state index contributed by atoms with van der Waals surface area (Å²) in [5.41, 5.74) is 0. The molecule has 0 saturated carbocycles. The second kappa shape index (κ2) is 2.39. The lowest BCUT2D eigenvalue weighted by Gasteiger charge is -1.92. The molecule has 0 N–H and O–H groups in total. The highest BCUT2D eigenvalue weighted by molar-refractivity contribution is 4.93. The first-order valence-corrected chi connectivity index (χ1v) is 2.27. The van der Waals surface area contributed by atoms with Gasteiger partial charge >= 0.3 is 6.01 Å². The minimum atomic E-state index is -0.587. The molecule has 4 heteroatoms. The van der Waals surface area contributed by atoms with Gasteiger partial charge in [0, 0.05) is 0 Å². The Kier molecular flexibility index (Phi) is 1.58. The van der Waals surface area contributed by atoms with Crippen LogP contribution in [0.1, 0.15) is 0 Å². The van der Waals surface area contributed by atoms with E-state index >= 15 is 0 Å². The number of methoxy groups -OCH3 is 1. The largest absolute Gasteiger partial charge is 0.467 e. The normalized spacial score (nSPS) is 9.11. The van der Waals surface area contributed by atoms with Crippen LogP contribution in [0.3, 0.4) is 0 Å². The van der Waals surface area contributed by atoms with Gasteiger partial charge in [0.1, 0.15) is 6.20 Å². The standard InChI is InChI=1S/C5H4FN2O/c1-9-5-7-2-4(6)3-8-5/h2H,1H3. The van der Waals surface area contributed by atoms with Gasteiger partial charge in [-0.1, -0.05) is 0 Å². The van der Waals surface area contributed by atoms with Crippen molar-refractivity contribution in [3.05, 3.63) is 18.2 Å². The molecular weight excluding hydrogens is 123 g/mol. The molecule has 1 rings (SSSR count). The molecule has 1 aromatic heterocycles. The lowest BCUT2D eigenvalue weighted by molar-refractivity contribution is 0.376. The minimum Gasteiger partial charge on any atom is -0.467 e. The van der Waals surface area contributed by atoms with Gasteiger partial charge in [0.2, 0.25) is 0 Å². The Hall–Kier alpha value is -1.19. The molecule has 0 spiro atoms. The van der Waals surface area contributed by atoms with E-state index in [1.807, 2.05) is 6.20 Å². The highest BCUT2D eigenvalue weighted by Crippen LogP contribution is 1.97. The van der Waals surface area contributed by atoms with Crippen LogP contribution in [0.5, 0.6) is 6.01 Å². The van der Waals surface area contributed by atoms with E-state index < -0.39 is 5.82 Å². The van der Waals surface area contributed by atoms with Crippen molar-refractivity contribution >= 4 is 0 Å². The number of rotatable bonds is 1. The van der Waals surface area contributed by atoms with E-state index in [4.69, 9.17) is 0 Å². The van der Waals surface area contributed by atoms with Crippen molar-refractivity contribution in [2.24, 2.45) is 0 Å². The maximum Gasteiger partial charge on any atom is 0.316 e. The fourth-order valence-corrected chi connectivity index (χ4v) is 0.369. The van der Waals surface area contributed by atoms with E-state index in [0.29, 0.717) is 0 Å². The van der Waals surface area contributed by atoms with E-state index in [1.54, 1.807) is 0 Å². The van der Waals surface area contributed by atoms with Crippen LogP contribution in [-0.4, -0.2) is 17.1 Å². The number of hydrogen-bond donors (Lipinski definition) is 0. The van der Waals surface area contributed by atoms with Crippen molar-refractivity contribution < 1.29 is 9.13 Å². The summed E-state index contributed by atoms with van der Waals surface area (Å²) in [4.78, 5) is 6.82. The van der Waals surface area contributed by atoms with Crippen molar-refractivity contribution in [1.82, 2.24) is 9.97 Å². The Bertz CT molecular complexity index is 187. The summed E-state index contributed by atoms with van der Waals surface area (Å²) in [5.74, 6) is -0.587. The average molecular weight is 127 g/mol. The number of halogens is 1. The zero-order chi connectivity index (χ0) is 6.69.